The molecule has 1 aromatic rings. The predicted octanol–water partition coefficient (Wildman–Crippen LogP) is 3.07. The van der Waals surface area contributed by atoms with Crippen LogP contribution in [-0.4, -0.2) is 48.5 Å². The van der Waals surface area contributed by atoms with E-state index in [4.69, 9.17) is 27.9 Å². The van der Waals surface area contributed by atoms with E-state index in [2.05, 4.69) is 10.2 Å². The second-order valence-electron chi connectivity index (χ2n) is 5.81. The van der Waals surface area contributed by atoms with Crippen LogP contribution in [0.15, 0.2) is 12.1 Å². The molecule has 0 spiro atoms. The lowest BCUT2D eigenvalue weighted by atomic mass is 10.1. The minimum Gasteiger partial charge on any atom is -0.489 e. The highest BCUT2D eigenvalue weighted by Gasteiger charge is 2.28. The summed E-state index contributed by atoms with van der Waals surface area (Å²) in [6, 6.07) is 3.65. The standard InChI is InChI=1S/C16H24Cl2N2O2/c1-10-13(17)4-5-14(15(10)18)22-12-6-8-20(9-7-12)16(19-3)11(2)21/h4-5,11-12,16,19,21H,6-9H2,1-3H3/t11-,16?/m1/s1. The Hall–Kier alpha value is -0.520. The van der Waals surface area contributed by atoms with Crippen LogP contribution in [-0.2, 0) is 0 Å². The summed E-state index contributed by atoms with van der Waals surface area (Å²) in [6.07, 6.45) is 1.53. The Morgan fingerprint density at radius 3 is 2.50 bits per heavy atom. The Morgan fingerprint density at radius 1 is 1.32 bits per heavy atom. The second-order valence-corrected chi connectivity index (χ2v) is 6.60. The van der Waals surface area contributed by atoms with Gasteiger partial charge in [-0.05, 0) is 51.4 Å². The molecule has 6 heteroatoms. The lowest BCUT2D eigenvalue weighted by Crippen LogP contribution is -2.54. The number of rotatable bonds is 5. The molecule has 2 rings (SSSR count). The number of likely N-dealkylation sites (tertiary alicyclic amines) is 1. The summed E-state index contributed by atoms with van der Waals surface area (Å²) in [5.41, 5.74) is 0.850. The van der Waals surface area contributed by atoms with E-state index in [1.54, 1.807) is 6.92 Å². The first-order valence-corrected chi connectivity index (χ1v) is 8.40. The molecule has 1 aromatic carbocycles. The van der Waals surface area contributed by atoms with Crippen LogP contribution in [0.4, 0.5) is 0 Å². The summed E-state index contributed by atoms with van der Waals surface area (Å²) in [7, 11) is 1.87. The quantitative estimate of drug-likeness (QED) is 0.859. The Balaban J connectivity index is 1.94. The molecule has 0 saturated carbocycles. The molecule has 0 amide bonds. The zero-order chi connectivity index (χ0) is 16.3. The lowest BCUT2D eigenvalue weighted by molar-refractivity contribution is 0.00939. The van der Waals surface area contributed by atoms with Gasteiger partial charge in [-0.25, -0.2) is 0 Å². The van der Waals surface area contributed by atoms with Crippen molar-refractivity contribution in [1.29, 1.82) is 0 Å². The summed E-state index contributed by atoms with van der Waals surface area (Å²) < 4.78 is 6.04. The highest BCUT2D eigenvalue weighted by atomic mass is 35.5. The number of likely N-dealkylation sites (N-methyl/N-ethyl adjacent to an activating group) is 1. The zero-order valence-corrected chi connectivity index (χ0v) is 14.8. The molecule has 2 N–H and O–H groups in total. The van der Waals surface area contributed by atoms with Gasteiger partial charge < -0.3 is 15.2 Å². The summed E-state index contributed by atoms with van der Waals surface area (Å²) >= 11 is 12.3. The largest absolute Gasteiger partial charge is 0.489 e. The van der Waals surface area contributed by atoms with Gasteiger partial charge in [0.05, 0.1) is 17.3 Å². The Kier molecular flexibility index (Phi) is 6.36. The van der Waals surface area contributed by atoms with Gasteiger partial charge in [-0.15, -0.1) is 0 Å². The van der Waals surface area contributed by atoms with E-state index in [9.17, 15) is 5.11 Å². The van der Waals surface area contributed by atoms with E-state index in [1.807, 2.05) is 26.1 Å². The van der Waals surface area contributed by atoms with Gasteiger partial charge in [0.2, 0.25) is 0 Å². The van der Waals surface area contributed by atoms with Gasteiger partial charge in [0, 0.05) is 18.1 Å². The molecule has 22 heavy (non-hydrogen) atoms. The van der Waals surface area contributed by atoms with Gasteiger partial charge in [0.1, 0.15) is 11.9 Å². The number of hydrogen-bond acceptors (Lipinski definition) is 4. The van der Waals surface area contributed by atoms with Crippen molar-refractivity contribution in [3.8, 4) is 5.75 Å². The van der Waals surface area contributed by atoms with Gasteiger partial charge in [-0.2, -0.15) is 0 Å². The van der Waals surface area contributed by atoms with Crippen molar-refractivity contribution in [2.75, 3.05) is 20.1 Å². The number of aliphatic hydroxyl groups excluding tert-OH is 1. The fourth-order valence-corrected chi connectivity index (χ4v) is 3.32. The predicted molar refractivity (Wildman–Crippen MR) is 91.0 cm³/mol. The summed E-state index contributed by atoms with van der Waals surface area (Å²) in [4.78, 5) is 2.25. The number of hydrogen-bond donors (Lipinski definition) is 2. The van der Waals surface area contributed by atoms with Gasteiger partial charge in [0.15, 0.2) is 0 Å². The van der Waals surface area contributed by atoms with Crippen LogP contribution < -0.4 is 10.1 Å². The fraction of sp³-hybridized carbons (Fsp3) is 0.625. The van der Waals surface area contributed by atoms with Crippen molar-refractivity contribution in [2.45, 2.75) is 45.1 Å². The Morgan fingerprint density at radius 2 is 1.95 bits per heavy atom. The molecule has 4 nitrogen and oxygen atoms in total. The van der Waals surface area contributed by atoms with Crippen molar-refractivity contribution in [1.82, 2.24) is 10.2 Å². The molecule has 1 aliphatic rings. The van der Waals surface area contributed by atoms with E-state index < -0.39 is 6.10 Å². The minimum absolute atomic E-state index is 0.0117. The van der Waals surface area contributed by atoms with Crippen molar-refractivity contribution >= 4 is 23.2 Å². The average Bonchev–Trinajstić information content (AvgIpc) is 2.50. The van der Waals surface area contributed by atoms with Crippen molar-refractivity contribution in [3.05, 3.63) is 27.7 Å². The third kappa shape index (κ3) is 4.06. The topological polar surface area (TPSA) is 44.7 Å². The number of ether oxygens (including phenoxy) is 1. The smallest absolute Gasteiger partial charge is 0.138 e. The van der Waals surface area contributed by atoms with Crippen LogP contribution in [0.3, 0.4) is 0 Å². The molecule has 2 atom stereocenters. The molecule has 0 bridgehead atoms. The Bertz CT molecular complexity index is 503. The van der Waals surface area contributed by atoms with Gasteiger partial charge in [-0.3, -0.25) is 4.90 Å². The fourth-order valence-electron chi connectivity index (χ4n) is 2.91. The zero-order valence-electron chi connectivity index (χ0n) is 13.3. The molecule has 1 unspecified atom stereocenters. The molecule has 0 aliphatic carbocycles. The summed E-state index contributed by atoms with van der Waals surface area (Å²) in [6.45, 7) is 5.46. The number of halogens is 2. The van der Waals surface area contributed by atoms with Crippen molar-refractivity contribution in [2.24, 2.45) is 0 Å². The van der Waals surface area contributed by atoms with Crippen LogP contribution >= 0.6 is 23.2 Å². The van der Waals surface area contributed by atoms with Crippen molar-refractivity contribution in [3.63, 3.8) is 0 Å². The van der Waals surface area contributed by atoms with Crippen LogP contribution in [0.25, 0.3) is 0 Å². The first kappa shape index (κ1) is 17.8. The first-order valence-electron chi connectivity index (χ1n) is 7.64. The normalized spacial score (nSPS) is 19.9. The number of benzene rings is 1. The second kappa shape index (κ2) is 7.84. The van der Waals surface area contributed by atoms with Gasteiger partial charge in [-0.1, -0.05) is 23.2 Å². The SMILES string of the molecule is CNC([C@@H](C)O)N1CCC(Oc2ccc(Cl)c(C)c2Cl)CC1. The maximum atomic E-state index is 9.79. The number of nitrogens with one attached hydrogen (secondary N) is 1. The van der Waals surface area contributed by atoms with Crippen LogP contribution in [0.5, 0.6) is 5.75 Å². The van der Waals surface area contributed by atoms with E-state index in [1.165, 1.54) is 0 Å². The highest BCUT2D eigenvalue weighted by Crippen LogP contribution is 2.34. The van der Waals surface area contributed by atoms with E-state index >= 15 is 0 Å². The van der Waals surface area contributed by atoms with Gasteiger partial charge >= 0.3 is 0 Å². The molecular weight excluding hydrogens is 323 g/mol. The molecule has 0 radical (unpaired) electrons. The highest BCUT2D eigenvalue weighted by molar-refractivity contribution is 6.36. The molecule has 1 fully saturated rings. The third-order valence-corrected chi connectivity index (χ3v) is 5.08. The lowest BCUT2D eigenvalue weighted by Gasteiger charge is -2.38. The molecule has 1 aliphatic heterocycles. The minimum atomic E-state index is -0.407. The molecular formula is C16H24Cl2N2O2. The number of piperidine rings is 1. The molecule has 0 aromatic heterocycles. The summed E-state index contributed by atoms with van der Waals surface area (Å²) in [5, 5.41) is 14.2. The van der Waals surface area contributed by atoms with Crippen LogP contribution in [0, 0.1) is 6.92 Å². The maximum Gasteiger partial charge on any atom is 0.138 e. The average molecular weight is 347 g/mol. The number of aliphatic hydroxyl groups is 1. The molecule has 1 heterocycles. The molecule has 1 saturated heterocycles. The van der Waals surface area contributed by atoms with Crippen LogP contribution in [0.1, 0.15) is 25.3 Å². The van der Waals surface area contributed by atoms with Crippen molar-refractivity contribution < 1.29 is 9.84 Å². The third-order valence-electron chi connectivity index (χ3n) is 4.20. The molecule has 124 valence electrons. The Labute approximate surface area is 142 Å². The monoisotopic (exact) mass is 346 g/mol. The van der Waals surface area contributed by atoms with Gasteiger partial charge in [0.25, 0.3) is 0 Å². The van der Waals surface area contributed by atoms with E-state index in [0.29, 0.717) is 15.8 Å². The first-order chi connectivity index (χ1) is 10.4. The summed E-state index contributed by atoms with van der Waals surface area (Å²) in [5.74, 6) is 0.697. The van der Waals surface area contributed by atoms with E-state index in [0.717, 1.165) is 31.5 Å². The maximum absolute atomic E-state index is 9.79. The number of nitrogens with zero attached hydrogens (tertiary/aromatic N) is 1. The van der Waals surface area contributed by atoms with Crippen LogP contribution in [0.2, 0.25) is 10.0 Å². The van der Waals surface area contributed by atoms with E-state index in [-0.39, 0.29) is 12.3 Å².